The van der Waals surface area contributed by atoms with Gasteiger partial charge in [0.05, 0.1) is 21.8 Å². The van der Waals surface area contributed by atoms with Crippen LogP contribution in [0.3, 0.4) is 0 Å². The largest absolute Gasteiger partial charge is 0.289 e. The van der Waals surface area contributed by atoms with Crippen molar-refractivity contribution < 1.29 is 0 Å². The molecule has 0 N–H and O–H groups in total. The van der Waals surface area contributed by atoms with Gasteiger partial charge in [-0.15, -0.1) is 12.6 Å². The Kier molecular flexibility index (Phi) is 3.86. The number of nitrogens with zero attached hydrogens (tertiary/aromatic N) is 2. The Morgan fingerprint density at radius 3 is 1.54 bits per heavy atom. The van der Waals surface area contributed by atoms with Crippen molar-refractivity contribution in [3.63, 3.8) is 0 Å². The van der Waals surface area contributed by atoms with Gasteiger partial charge in [-0.05, 0) is 30.3 Å². The van der Waals surface area contributed by atoms with Crippen molar-refractivity contribution in [1.82, 2.24) is 9.97 Å². The zero-order valence-corrected chi connectivity index (χ0v) is 18.7. The van der Waals surface area contributed by atoms with E-state index in [1.165, 1.54) is 0 Å². The number of thiol groups is 1. The second-order valence-electron chi connectivity index (χ2n) is 8.50. The minimum absolute atomic E-state index is 0.179. The normalized spacial score (nSPS) is 12.0. The summed E-state index contributed by atoms with van der Waals surface area (Å²) in [4.78, 5) is 63.0. The molecule has 7 aromatic rings. The van der Waals surface area contributed by atoms with E-state index in [1.807, 2.05) is 0 Å². The standard InChI is InChI=1S/C28H12N2O4S/c31-25-12-4-1-2-5-13(12)26(32)21-15(25)8-10-17-23(21)29-18-11-9-16-22(24(18)30-17)28(34)14-6-3-7-19(35)20(14)27(16)33/h1-11,35H. The lowest BCUT2D eigenvalue weighted by Gasteiger charge is -2.08. The fourth-order valence-corrected chi connectivity index (χ4v) is 5.35. The molecule has 0 bridgehead atoms. The number of hydrogen-bond acceptors (Lipinski definition) is 7. The van der Waals surface area contributed by atoms with E-state index in [4.69, 9.17) is 0 Å². The maximum Gasteiger partial charge on any atom is 0.196 e. The second-order valence-corrected chi connectivity index (χ2v) is 8.98. The van der Waals surface area contributed by atoms with E-state index in [0.717, 1.165) is 0 Å². The first-order valence-corrected chi connectivity index (χ1v) is 11.3. The Balaban J connectivity index is 1.72. The lowest BCUT2D eigenvalue weighted by atomic mass is 9.99. The maximum absolute atomic E-state index is 13.5. The summed E-state index contributed by atoms with van der Waals surface area (Å²) in [6.07, 6.45) is 0. The molecule has 0 aliphatic heterocycles. The van der Waals surface area contributed by atoms with Gasteiger partial charge in [-0.2, -0.15) is 0 Å². The van der Waals surface area contributed by atoms with Crippen LogP contribution in [0.5, 0.6) is 0 Å². The average Bonchev–Trinajstić information content (AvgIpc) is 2.88. The van der Waals surface area contributed by atoms with Gasteiger partial charge in [0.2, 0.25) is 0 Å². The lowest BCUT2D eigenvalue weighted by molar-refractivity contribution is 1.41. The van der Waals surface area contributed by atoms with E-state index < -0.39 is 0 Å². The molecule has 0 saturated heterocycles. The van der Waals surface area contributed by atoms with Gasteiger partial charge in [-0.1, -0.05) is 36.4 Å². The SMILES string of the molecule is O=c1c2ccccc2c(=O)c2c1ccc1nc3c(ccc4c(=O)c5c(S)cccc5c(=O)c43)nc12. The molecule has 35 heavy (non-hydrogen) atoms. The number of rotatable bonds is 0. The minimum Gasteiger partial charge on any atom is -0.289 e. The van der Waals surface area contributed by atoms with E-state index >= 15 is 0 Å². The highest BCUT2D eigenvalue weighted by Crippen LogP contribution is 2.27. The first kappa shape index (κ1) is 19.9. The van der Waals surface area contributed by atoms with Gasteiger partial charge in [-0.3, -0.25) is 19.2 Å². The number of aromatic nitrogens is 2. The van der Waals surface area contributed by atoms with Gasteiger partial charge in [0.1, 0.15) is 11.0 Å². The van der Waals surface area contributed by atoms with Crippen LogP contribution in [0.2, 0.25) is 0 Å². The van der Waals surface area contributed by atoms with Crippen molar-refractivity contribution in [2.45, 2.75) is 4.90 Å². The molecule has 7 rings (SSSR count). The van der Waals surface area contributed by atoms with Gasteiger partial charge in [0.25, 0.3) is 0 Å². The molecule has 0 radical (unpaired) electrons. The van der Waals surface area contributed by atoms with E-state index in [9.17, 15) is 19.2 Å². The molecule has 0 amide bonds. The molecule has 0 spiro atoms. The Bertz CT molecular complexity index is 2320. The molecule has 6 aromatic carbocycles. The third kappa shape index (κ3) is 2.50. The average molecular weight is 472 g/mol. The number of hydrogen-bond donors (Lipinski definition) is 1. The van der Waals surface area contributed by atoms with Crippen molar-refractivity contribution in [3.8, 4) is 0 Å². The van der Waals surface area contributed by atoms with Crippen molar-refractivity contribution >= 4 is 77.8 Å². The highest BCUT2D eigenvalue weighted by molar-refractivity contribution is 7.80. The van der Waals surface area contributed by atoms with E-state index in [-0.39, 0.29) is 65.1 Å². The molecule has 1 heterocycles. The fraction of sp³-hybridized carbons (Fsp3) is 0. The van der Waals surface area contributed by atoms with Crippen LogP contribution in [0.4, 0.5) is 0 Å². The molecule has 0 fully saturated rings. The van der Waals surface area contributed by atoms with Gasteiger partial charge in [0, 0.05) is 37.2 Å². The van der Waals surface area contributed by atoms with Gasteiger partial charge >= 0.3 is 0 Å². The smallest absolute Gasteiger partial charge is 0.196 e. The maximum atomic E-state index is 13.5. The molecule has 0 saturated carbocycles. The Hall–Kier alpha value is -4.49. The van der Waals surface area contributed by atoms with Crippen molar-refractivity contribution in [2.24, 2.45) is 0 Å². The van der Waals surface area contributed by atoms with Gasteiger partial charge < -0.3 is 0 Å². The summed E-state index contributed by atoms with van der Waals surface area (Å²) in [7, 11) is 0. The summed E-state index contributed by atoms with van der Waals surface area (Å²) in [5.74, 6) is 0. The van der Waals surface area contributed by atoms with Crippen LogP contribution >= 0.6 is 12.6 Å². The van der Waals surface area contributed by atoms with Crippen LogP contribution in [0.25, 0.3) is 65.2 Å². The molecule has 164 valence electrons. The van der Waals surface area contributed by atoms with Crippen LogP contribution in [-0.4, -0.2) is 9.97 Å². The van der Waals surface area contributed by atoms with Crippen LogP contribution in [-0.2, 0) is 0 Å². The van der Waals surface area contributed by atoms with E-state index in [0.29, 0.717) is 26.7 Å². The second kappa shape index (κ2) is 6.77. The molecule has 6 nitrogen and oxygen atoms in total. The van der Waals surface area contributed by atoms with Gasteiger partial charge in [0.15, 0.2) is 21.7 Å². The van der Waals surface area contributed by atoms with Crippen LogP contribution in [0.1, 0.15) is 0 Å². The first-order valence-electron chi connectivity index (χ1n) is 10.8. The monoisotopic (exact) mass is 472 g/mol. The van der Waals surface area contributed by atoms with Crippen LogP contribution in [0, 0.1) is 0 Å². The molecule has 0 aliphatic carbocycles. The molecule has 0 aliphatic rings. The highest BCUT2D eigenvalue weighted by Gasteiger charge is 2.19. The highest BCUT2D eigenvalue weighted by atomic mass is 32.1. The lowest BCUT2D eigenvalue weighted by Crippen LogP contribution is -2.15. The molecular weight excluding hydrogens is 460 g/mol. The Morgan fingerprint density at radius 1 is 0.457 bits per heavy atom. The first-order chi connectivity index (χ1) is 17.0. The number of benzene rings is 6. The summed E-state index contributed by atoms with van der Waals surface area (Å²) in [6.45, 7) is 0. The molecular formula is C28H12N2O4S. The third-order valence-corrected chi connectivity index (χ3v) is 7.02. The fourth-order valence-electron chi connectivity index (χ4n) is 5.04. The summed E-state index contributed by atoms with van der Waals surface area (Å²) in [6, 6.07) is 18.0. The summed E-state index contributed by atoms with van der Waals surface area (Å²) in [5, 5.41) is 2.12. The predicted molar refractivity (Wildman–Crippen MR) is 142 cm³/mol. The molecule has 7 heteroatoms. The third-order valence-electron chi connectivity index (χ3n) is 6.65. The zero-order chi connectivity index (χ0) is 24.0. The number of fused-ring (bicyclic) bond motifs is 8. The van der Waals surface area contributed by atoms with E-state index in [2.05, 4.69) is 22.6 Å². The van der Waals surface area contributed by atoms with Crippen molar-refractivity contribution in [3.05, 3.63) is 108 Å². The molecule has 1 aromatic heterocycles. The van der Waals surface area contributed by atoms with Gasteiger partial charge in [-0.25, -0.2) is 9.97 Å². The molecule has 0 atom stereocenters. The summed E-state index contributed by atoms with van der Waals surface area (Å²) < 4.78 is 0. The molecule has 0 unspecified atom stereocenters. The Morgan fingerprint density at radius 2 is 0.914 bits per heavy atom. The van der Waals surface area contributed by atoms with E-state index in [1.54, 1.807) is 66.7 Å². The Labute approximate surface area is 200 Å². The zero-order valence-electron chi connectivity index (χ0n) is 17.8. The predicted octanol–water partition coefficient (Wildman–Crippen LogP) is 4.00. The minimum atomic E-state index is -0.331. The van der Waals surface area contributed by atoms with Crippen LogP contribution in [0.15, 0.2) is 90.8 Å². The van der Waals surface area contributed by atoms with Crippen molar-refractivity contribution in [1.29, 1.82) is 0 Å². The van der Waals surface area contributed by atoms with Crippen molar-refractivity contribution in [2.75, 3.05) is 0 Å². The topological polar surface area (TPSA) is 94.1 Å². The quantitative estimate of drug-likeness (QED) is 0.204. The summed E-state index contributed by atoms with van der Waals surface area (Å²) >= 11 is 4.37. The van der Waals surface area contributed by atoms with Crippen LogP contribution < -0.4 is 21.7 Å². The summed E-state index contributed by atoms with van der Waals surface area (Å²) in [5.41, 5.74) is 0.108.